The molecule has 0 aliphatic rings. The molecular weight excluding hydrogens is 398 g/mol. The number of carbonyl (C=O) groups is 1. The topological polar surface area (TPSA) is 77.9 Å². The van der Waals surface area contributed by atoms with E-state index in [1.54, 1.807) is 12.3 Å². The van der Waals surface area contributed by atoms with Crippen molar-refractivity contribution in [3.8, 4) is 0 Å². The molecule has 1 amide bonds. The maximum atomic E-state index is 12.3. The predicted octanol–water partition coefficient (Wildman–Crippen LogP) is 3.26. The largest absolute Gasteiger partial charge is 0.467 e. The zero-order chi connectivity index (χ0) is 20.8. The highest BCUT2D eigenvalue weighted by molar-refractivity contribution is 7.99. The first-order valence-electron chi connectivity index (χ1n) is 9.67. The number of hydrogen-bond acceptors (Lipinski definition) is 5. The number of hydrogen-bond donors (Lipinski definition) is 1. The molecular formula is C22H23N5O2S. The van der Waals surface area contributed by atoms with E-state index in [2.05, 4.69) is 42.8 Å². The van der Waals surface area contributed by atoms with Crippen LogP contribution >= 0.6 is 11.8 Å². The molecule has 30 heavy (non-hydrogen) atoms. The highest BCUT2D eigenvalue weighted by Crippen LogP contribution is 2.20. The fourth-order valence-corrected chi connectivity index (χ4v) is 3.89. The first-order valence-corrected chi connectivity index (χ1v) is 10.7. The summed E-state index contributed by atoms with van der Waals surface area (Å²) >= 11 is 1.39. The third kappa shape index (κ3) is 5.01. The summed E-state index contributed by atoms with van der Waals surface area (Å²) in [7, 11) is 2.02. The van der Waals surface area contributed by atoms with Crippen LogP contribution in [0.4, 0.5) is 0 Å². The van der Waals surface area contributed by atoms with E-state index in [1.807, 2.05) is 43.6 Å². The van der Waals surface area contributed by atoms with Gasteiger partial charge in [-0.3, -0.25) is 4.79 Å². The number of furan rings is 1. The first kappa shape index (κ1) is 20.0. The standard InChI is InChI=1S/C22H23N5O2S/c1-26-11-5-9-18(26)13-20-24-25-22(27(20)15-17-7-3-2-4-8-17)30-16-21(28)23-14-19-10-6-12-29-19/h2-12H,13-16H2,1H3,(H,23,28). The van der Waals surface area contributed by atoms with Crippen LogP contribution in [0.1, 0.15) is 22.8 Å². The van der Waals surface area contributed by atoms with Crippen LogP contribution in [0.2, 0.25) is 0 Å². The van der Waals surface area contributed by atoms with Gasteiger partial charge in [-0.05, 0) is 29.8 Å². The summed E-state index contributed by atoms with van der Waals surface area (Å²) in [5.41, 5.74) is 2.32. The quantitative estimate of drug-likeness (QED) is 0.420. The molecule has 154 valence electrons. The summed E-state index contributed by atoms with van der Waals surface area (Å²) in [5, 5.41) is 12.4. The Hall–Kier alpha value is -3.26. The molecule has 0 aliphatic carbocycles. The van der Waals surface area contributed by atoms with Crippen molar-refractivity contribution in [3.63, 3.8) is 0 Å². The van der Waals surface area contributed by atoms with E-state index in [0.717, 1.165) is 28.0 Å². The lowest BCUT2D eigenvalue weighted by Crippen LogP contribution is -2.24. The molecule has 0 bridgehead atoms. The molecule has 4 rings (SSSR count). The van der Waals surface area contributed by atoms with Crippen LogP contribution in [0, 0.1) is 0 Å². The van der Waals surface area contributed by atoms with Gasteiger partial charge in [0.2, 0.25) is 5.91 Å². The molecule has 1 N–H and O–H groups in total. The van der Waals surface area contributed by atoms with E-state index < -0.39 is 0 Å². The van der Waals surface area contributed by atoms with Crippen molar-refractivity contribution in [1.29, 1.82) is 0 Å². The fraction of sp³-hybridized carbons (Fsp3) is 0.227. The van der Waals surface area contributed by atoms with Crippen molar-refractivity contribution in [2.45, 2.75) is 24.7 Å². The molecule has 0 saturated heterocycles. The number of carbonyl (C=O) groups excluding carboxylic acids is 1. The Morgan fingerprint density at radius 1 is 1.10 bits per heavy atom. The minimum absolute atomic E-state index is 0.0744. The molecule has 3 aromatic heterocycles. The Balaban J connectivity index is 1.47. The van der Waals surface area contributed by atoms with Gasteiger partial charge in [0.05, 0.1) is 25.1 Å². The lowest BCUT2D eigenvalue weighted by molar-refractivity contribution is -0.118. The zero-order valence-electron chi connectivity index (χ0n) is 16.7. The number of nitrogens with zero attached hydrogens (tertiary/aromatic N) is 4. The van der Waals surface area contributed by atoms with Crippen LogP contribution < -0.4 is 5.32 Å². The fourth-order valence-electron chi connectivity index (χ4n) is 3.10. The number of nitrogens with one attached hydrogen (secondary N) is 1. The lowest BCUT2D eigenvalue weighted by Gasteiger charge is -2.11. The second-order valence-corrected chi connectivity index (χ2v) is 7.85. The first-order chi connectivity index (χ1) is 14.7. The molecule has 0 aliphatic heterocycles. The van der Waals surface area contributed by atoms with Crippen LogP contribution in [0.15, 0.2) is 76.6 Å². The van der Waals surface area contributed by atoms with Gasteiger partial charge >= 0.3 is 0 Å². The number of rotatable bonds is 9. The van der Waals surface area contributed by atoms with Gasteiger partial charge in [-0.15, -0.1) is 10.2 Å². The predicted molar refractivity (Wildman–Crippen MR) is 115 cm³/mol. The van der Waals surface area contributed by atoms with Crippen molar-refractivity contribution in [2.75, 3.05) is 5.75 Å². The van der Waals surface area contributed by atoms with Gasteiger partial charge in [0.1, 0.15) is 11.6 Å². The second-order valence-electron chi connectivity index (χ2n) is 6.90. The summed E-state index contributed by atoms with van der Waals surface area (Å²) in [5.74, 6) is 1.79. The Morgan fingerprint density at radius 2 is 1.97 bits per heavy atom. The van der Waals surface area contributed by atoms with E-state index in [9.17, 15) is 4.79 Å². The zero-order valence-corrected chi connectivity index (χ0v) is 17.5. The molecule has 8 heteroatoms. The Kier molecular flexibility index (Phi) is 6.34. The maximum absolute atomic E-state index is 12.3. The average Bonchev–Trinajstić information content (AvgIpc) is 3.50. The molecule has 0 fully saturated rings. The molecule has 0 unspecified atom stereocenters. The number of aryl methyl sites for hydroxylation is 1. The van der Waals surface area contributed by atoms with Crippen molar-refractivity contribution in [1.82, 2.24) is 24.6 Å². The van der Waals surface area contributed by atoms with E-state index in [-0.39, 0.29) is 11.7 Å². The van der Waals surface area contributed by atoms with Gasteiger partial charge in [-0.25, -0.2) is 0 Å². The maximum Gasteiger partial charge on any atom is 0.230 e. The van der Waals surface area contributed by atoms with E-state index in [0.29, 0.717) is 19.5 Å². The van der Waals surface area contributed by atoms with Crippen LogP contribution in [-0.4, -0.2) is 31.0 Å². The highest BCUT2D eigenvalue weighted by Gasteiger charge is 2.16. The summed E-state index contributed by atoms with van der Waals surface area (Å²) < 4.78 is 9.41. The third-order valence-electron chi connectivity index (χ3n) is 4.74. The average molecular weight is 422 g/mol. The number of aromatic nitrogens is 4. The van der Waals surface area contributed by atoms with Gasteiger partial charge in [-0.1, -0.05) is 42.1 Å². The van der Waals surface area contributed by atoms with Gasteiger partial charge in [0, 0.05) is 25.4 Å². The minimum atomic E-state index is -0.0744. The van der Waals surface area contributed by atoms with Gasteiger partial charge in [0.15, 0.2) is 5.16 Å². The van der Waals surface area contributed by atoms with Gasteiger partial charge in [0.25, 0.3) is 0 Å². The van der Waals surface area contributed by atoms with Crippen molar-refractivity contribution >= 4 is 17.7 Å². The summed E-state index contributed by atoms with van der Waals surface area (Å²) in [4.78, 5) is 12.3. The van der Waals surface area contributed by atoms with E-state index in [4.69, 9.17) is 4.42 Å². The summed E-state index contributed by atoms with van der Waals surface area (Å²) in [6, 6.07) is 17.9. The SMILES string of the molecule is Cn1cccc1Cc1nnc(SCC(=O)NCc2ccco2)n1Cc1ccccc1. The minimum Gasteiger partial charge on any atom is -0.467 e. The number of thioether (sulfide) groups is 1. The van der Waals surface area contributed by atoms with Crippen molar-refractivity contribution in [3.05, 3.63) is 89.9 Å². The van der Waals surface area contributed by atoms with Gasteiger partial charge < -0.3 is 18.9 Å². The molecule has 0 radical (unpaired) electrons. The van der Waals surface area contributed by atoms with Crippen LogP contribution in [-0.2, 0) is 31.4 Å². The highest BCUT2D eigenvalue weighted by atomic mass is 32.2. The van der Waals surface area contributed by atoms with E-state index >= 15 is 0 Å². The molecule has 4 aromatic rings. The molecule has 3 heterocycles. The monoisotopic (exact) mass is 421 g/mol. The third-order valence-corrected chi connectivity index (χ3v) is 5.71. The Morgan fingerprint density at radius 3 is 2.70 bits per heavy atom. The molecule has 1 aromatic carbocycles. The van der Waals surface area contributed by atoms with E-state index in [1.165, 1.54) is 11.8 Å². The Bertz CT molecular complexity index is 1090. The number of benzene rings is 1. The molecule has 0 atom stereocenters. The number of amides is 1. The molecule has 0 spiro atoms. The summed E-state index contributed by atoms with van der Waals surface area (Å²) in [6.07, 6.45) is 4.29. The van der Waals surface area contributed by atoms with Crippen LogP contribution in [0.5, 0.6) is 0 Å². The molecule has 0 saturated carbocycles. The van der Waals surface area contributed by atoms with Crippen molar-refractivity contribution < 1.29 is 9.21 Å². The second kappa shape index (κ2) is 9.49. The lowest BCUT2D eigenvalue weighted by atomic mass is 10.2. The normalized spacial score (nSPS) is 11.0. The van der Waals surface area contributed by atoms with Crippen LogP contribution in [0.3, 0.4) is 0 Å². The van der Waals surface area contributed by atoms with Crippen molar-refractivity contribution in [2.24, 2.45) is 7.05 Å². The summed E-state index contributed by atoms with van der Waals surface area (Å²) in [6.45, 7) is 1.03. The van der Waals surface area contributed by atoms with Crippen LogP contribution in [0.25, 0.3) is 0 Å². The smallest absolute Gasteiger partial charge is 0.230 e. The molecule has 7 nitrogen and oxygen atoms in total. The Labute approximate surface area is 179 Å². The van der Waals surface area contributed by atoms with Gasteiger partial charge in [-0.2, -0.15) is 0 Å².